The van der Waals surface area contributed by atoms with Crippen LogP contribution in [0, 0.1) is 6.92 Å². The van der Waals surface area contributed by atoms with Gasteiger partial charge in [0.2, 0.25) is 0 Å². The number of hydrogen-bond donors (Lipinski definition) is 1. The van der Waals surface area contributed by atoms with Crippen molar-refractivity contribution in [3.8, 4) is 0 Å². The van der Waals surface area contributed by atoms with Gasteiger partial charge in [-0.05, 0) is 37.0 Å². The summed E-state index contributed by atoms with van der Waals surface area (Å²) in [6.07, 6.45) is 3.11. The molecule has 0 fully saturated rings. The number of Topliss-reactive ketones (excluding diaryl/α,β-unsaturated/α-hetero) is 1. The van der Waals surface area contributed by atoms with Crippen LogP contribution in [0.1, 0.15) is 29.9 Å². The van der Waals surface area contributed by atoms with Crippen LogP contribution >= 0.6 is 0 Å². The van der Waals surface area contributed by atoms with Gasteiger partial charge in [0.25, 0.3) is 0 Å². The number of rotatable bonds is 1. The highest BCUT2D eigenvalue weighted by atomic mass is 16.1. The van der Waals surface area contributed by atoms with Gasteiger partial charge in [-0.2, -0.15) is 0 Å². The van der Waals surface area contributed by atoms with Crippen LogP contribution in [0.25, 0.3) is 0 Å². The molecule has 1 atom stereocenters. The molecule has 3 heteroatoms. The molecule has 0 amide bonds. The van der Waals surface area contributed by atoms with Crippen molar-refractivity contribution in [3.05, 3.63) is 70.9 Å². The molecule has 0 aromatic heterocycles. The molecule has 114 valence electrons. The highest BCUT2D eigenvalue weighted by Crippen LogP contribution is 2.38. The number of allylic oxidation sites excluding steroid dienone is 2. The predicted octanol–water partition coefficient (Wildman–Crippen LogP) is 4.52. The molecule has 1 aliphatic heterocycles. The summed E-state index contributed by atoms with van der Waals surface area (Å²) in [6.45, 7) is 2.09. The number of carbonyl (C=O) groups is 1. The topological polar surface area (TPSA) is 41.5 Å². The first kappa shape index (κ1) is 13.9. The summed E-state index contributed by atoms with van der Waals surface area (Å²) in [5.74, 6) is 0.397. The molecule has 1 heterocycles. The maximum atomic E-state index is 12.6. The van der Waals surface area contributed by atoms with Crippen LogP contribution in [-0.2, 0) is 4.79 Å². The third-order valence-corrected chi connectivity index (χ3v) is 4.54. The van der Waals surface area contributed by atoms with E-state index >= 15 is 0 Å². The number of anilines is 1. The van der Waals surface area contributed by atoms with Crippen LogP contribution in [0.3, 0.4) is 0 Å². The van der Waals surface area contributed by atoms with E-state index in [1.54, 1.807) is 6.21 Å². The van der Waals surface area contributed by atoms with Crippen LogP contribution in [0.4, 0.5) is 11.4 Å². The standard InChI is InChI=1S/C20H18N2O/c1-13-5-4-6-14(9-13)15-10-19-16(20(23)11-15)12-21-17-7-2-3-8-18(17)22-19/h2-9,12,15,22H,10-11H2,1H3/t15-/m1/s1. The van der Waals surface area contributed by atoms with Gasteiger partial charge < -0.3 is 5.32 Å². The lowest BCUT2D eigenvalue weighted by Crippen LogP contribution is -2.22. The molecule has 0 unspecified atom stereocenters. The first-order chi connectivity index (χ1) is 11.2. The average molecular weight is 302 g/mol. The molecule has 0 saturated heterocycles. The van der Waals surface area contributed by atoms with E-state index in [0.29, 0.717) is 6.42 Å². The summed E-state index contributed by atoms with van der Waals surface area (Å²) in [5, 5.41) is 3.44. The van der Waals surface area contributed by atoms with Crippen LogP contribution < -0.4 is 5.32 Å². The number of aliphatic imine (C=N–C) groups is 1. The molecule has 2 aromatic rings. The fraction of sp³-hybridized carbons (Fsp3) is 0.200. The Balaban J connectivity index is 1.70. The highest BCUT2D eigenvalue weighted by Gasteiger charge is 2.29. The SMILES string of the molecule is Cc1cccc([C@H]2CC(=O)C3=C(C2)Nc2ccccc2N=C3)c1. The van der Waals surface area contributed by atoms with Gasteiger partial charge in [0.15, 0.2) is 5.78 Å². The van der Waals surface area contributed by atoms with Crippen molar-refractivity contribution in [1.29, 1.82) is 0 Å². The zero-order valence-electron chi connectivity index (χ0n) is 13.0. The molecule has 2 aliphatic rings. The lowest BCUT2D eigenvalue weighted by Gasteiger charge is -2.25. The van der Waals surface area contributed by atoms with Gasteiger partial charge in [0.1, 0.15) is 0 Å². The molecule has 1 N–H and O–H groups in total. The van der Waals surface area contributed by atoms with E-state index in [0.717, 1.165) is 29.1 Å². The third-order valence-electron chi connectivity index (χ3n) is 4.54. The van der Waals surface area contributed by atoms with Crippen LogP contribution in [-0.4, -0.2) is 12.0 Å². The van der Waals surface area contributed by atoms with Gasteiger partial charge in [-0.1, -0.05) is 42.0 Å². The zero-order chi connectivity index (χ0) is 15.8. The van der Waals surface area contributed by atoms with Gasteiger partial charge in [0, 0.05) is 18.3 Å². The summed E-state index contributed by atoms with van der Waals surface area (Å²) in [4.78, 5) is 17.1. The maximum absolute atomic E-state index is 12.6. The molecule has 2 aromatic carbocycles. The number of fused-ring (bicyclic) bond motifs is 1. The molecule has 1 aliphatic carbocycles. The van der Waals surface area contributed by atoms with E-state index in [1.165, 1.54) is 11.1 Å². The van der Waals surface area contributed by atoms with Gasteiger partial charge in [-0.25, -0.2) is 0 Å². The number of nitrogens with one attached hydrogen (secondary N) is 1. The average Bonchev–Trinajstić information content (AvgIpc) is 2.74. The van der Waals surface area contributed by atoms with Gasteiger partial charge in [-0.3, -0.25) is 9.79 Å². The maximum Gasteiger partial charge on any atom is 0.166 e. The Morgan fingerprint density at radius 2 is 1.96 bits per heavy atom. The number of para-hydroxylation sites is 2. The van der Waals surface area contributed by atoms with Crippen molar-refractivity contribution < 1.29 is 4.79 Å². The van der Waals surface area contributed by atoms with E-state index in [9.17, 15) is 4.79 Å². The lowest BCUT2D eigenvalue weighted by atomic mass is 9.81. The van der Waals surface area contributed by atoms with E-state index in [1.807, 2.05) is 24.3 Å². The fourth-order valence-corrected chi connectivity index (χ4v) is 3.35. The number of ketones is 1. The number of benzene rings is 2. The largest absolute Gasteiger partial charge is 0.356 e. The van der Waals surface area contributed by atoms with Crippen LogP contribution in [0.2, 0.25) is 0 Å². The Morgan fingerprint density at radius 3 is 2.83 bits per heavy atom. The molecular weight excluding hydrogens is 284 g/mol. The van der Waals surface area contributed by atoms with Crippen LogP contribution in [0.15, 0.2) is 64.8 Å². The van der Waals surface area contributed by atoms with Gasteiger partial charge in [-0.15, -0.1) is 0 Å². The van der Waals surface area contributed by atoms with Crippen molar-refractivity contribution in [2.75, 3.05) is 5.32 Å². The summed E-state index contributed by atoms with van der Waals surface area (Å²) >= 11 is 0. The Bertz CT molecular complexity index is 848. The number of carbonyl (C=O) groups excluding carboxylic acids is 1. The molecule has 0 radical (unpaired) electrons. The van der Waals surface area contributed by atoms with Crippen molar-refractivity contribution in [2.45, 2.75) is 25.7 Å². The summed E-state index contributed by atoms with van der Waals surface area (Å²) < 4.78 is 0. The van der Waals surface area contributed by atoms with Crippen molar-refractivity contribution in [2.24, 2.45) is 4.99 Å². The first-order valence-corrected chi connectivity index (χ1v) is 7.94. The second-order valence-electron chi connectivity index (χ2n) is 6.24. The zero-order valence-corrected chi connectivity index (χ0v) is 13.0. The van der Waals surface area contributed by atoms with E-state index in [4.69, 9.17) is 0 Å². The Kier molecular flexibility index (Phi) is 3.34. The van der Waals surface area contributed by atoms with Crippen LogP contribution in [0.5, 0.6) is 0 Å². The minimum Gasteiger partial charge on any atom is -0.356 e. The minimum atomic E-state index is 0.168. The highest BCUT2D eigenvalue weighted by molar-refractivity contribution is 6.16. The van der Waals surface area contributed by atoms with Crippen molar-refractivity contribution in [1.82, 2.24) is 0 Å². The summed E-state index contributed by atoms with van der Waals surface area (Å²) in [6, 6.07) is 16.4. The van der Waals surface area contributed by atoms with Crippen molar-refractivity contribution >= 4 is 23.4 Å². The smallest absolute Gasteiger partial charge is 0.166 e. The van der Waals surface area contributed by atoms with Gasteiger partial charge in [0.05, 0.1) is 16.9 Å². The number of nitrogens with zero attached hydrogens (tertiary/aromatic N) is 1. The molecule has 4 rings (SSSR count). The molecule has 0 saturated carbocycles. The molecule has 3 nitrogen and oxygen atoms in total. The second kappa shape index (κ2) is 5.51. The lowest BCUT2D eigenvalue weighted by molar-refractivity contribution is -0.115. The van der Waals surface area contributed by atoms with E-state index < -0.39 is 0 Å². The summed E-state index contributed by atoms with van der Waals surface area (Å²) in [7, 11) is 0. The Morgan fingerprint density at radius 1 is 1.09 bits per heavy atom. The second-order valence-corrected chi connectivity index (χ2v) is 6.24. The summed E-state index contributed by atoms with van der Waals surface area (Å²) in [5.41, 5.74) is 6.02. The molecule has 0 spiro atoms. The Labute approximate surface area is 135 Å². The fourth-order valence-electron chi connectivity index (χ4n) is 3.35. The molecule has 0 bridgehead atoms. The van der Waals surface area contributed by atoms with Crippen molar-refractivity contribution in [3.63, 3.8) is 0 Å². The minimum absolute atomic E-state index is 0.168. The van der Waals surface area contributed by atoms with E-state index in [-0.39, 0.29) is 11.7 Å². The van der Waals surface area contributed by atoms with Gasteiger partial charge >= 0.3 is 0 Å². The first-order valence-electron chi connectivity index (χ1n) is 7.94. The third kappa shape index (κ3) is 2.59. The quantitative estimate of drug-likeness (QED) is 0.841. The molecular formula is C20H18N2O. The normalized spacial score (nSPS) is 19.7. The number of aryl methyl sites for hydroxylation is 1. The van der Waals surface area contributed by atoms with E-state index in [2.05, 4.69) is 41.5 Å². The molecule has 23 heavy (non-hydrogen) atoms. The predicted molar refractivity (Wildman–Crippen MR) is 93.4 cm³/mol. The monoisotopic (exact) mass is 302 g/mol. The number of hydrogen-bond acceptors (Lipinski definition) is 3. The Hall–Kier alpha value is -2.68.